The van der Waals surface area contributed by atoms with Gasteiger partial charge in [0.25, 0.3) is 0 Å². The number of hydrogen-bond acceptors (Lipinski definition) is 2. The van der Waals surface area contributed by atoms with E-state index in [2.05, 4.69) is 5.32 Å². The highest BCUT2D eigenvalue weighted by molar-refractivity contribution is 6.34. The van der Waals surface area contributed by atoms with Crippen LogP contribution in [-0.4, -0.2) is 14.2 Å². The quantitative estimate of drug-likeness (QED) is 0.707. The Balaban J connectivity index is 2.14. The third kappa shape index (κ3) is 4.51. The maximum atomic E-state index is 6.42. The van der Waals surface area contributed by atoms with Crippen LogP contribution in [0, 0.1) is 5.92 Å². The van der Waals surface area contributed by atoms with Gasteiger partial charge in [0, 0.05) is 17.1 Å². The van der Waals surface area contributed by atoms with E-state index >= 15 is 0 Å². The highest BCUT2D eigenvalue weighted by atomic mass is 35.5. The maximum absolute atomic E-state index is 6.42. The predicted octanol–water partition coefficient (Wildman–Crippen LogP) is 5.62. The van der Waals surface area contributed by atoms with Gasteiger partial charge in [-0.2, -0.15) is 0 Å². The Morgan fingerprint density at radius 2 is 1.81 bits per heavy atom. The zero-order valence-corrected chi connectivity index (χ0v) is 14.4. The largest absolute Gasteiger partial charge is 0.495 e. The van der Waals surface area contributed by atoms with Crippen LogP contribution in [0.5, 0.6) is 5.75 Å². The molecule has 1 aromatic rings. The van der Waals surface area contributed by atoms with E-state index in [4.69, 9.17) is 27.9 Å². The molecule has 1 N–H and O–H groups in total. The van der Waals surface area contributed by atoms with Gasteiger partial charge in [-0.05, 0) is 31.0 Å². The van der Waals surface area contributed by atoms with E-state index < -0.39 is 0 Å². The van der Waals surface area contributed by atoms with Crippen LogP contribution >= 0.6 is 23.2 Å². The molecule has 21 heavy (non-hydrogen) atoms. The third-order valence-electron chi connectivity index (χ3n) is 4.54. The maximum Gasteiger partial charge on any atom is 0.138 e. The Bertz CT molecular complexity index is 456. The average Bonchev–Trinajstić information content (AvgIpc) is 2.75. The molecule has 118 valence electrons. The lowest BCUT2D eigenvalue weighted by Crippen LogP contribution is -2.20. The van der Waals surface area contributed by atoms with Crippen LogP contribution in [0.4, 0.5) is 0 Å². The van der Waals surface area contributed by atoms with Crippen molar-refractivity contribution in [2.45, 2.75) is 51.0 Å². The number of ether oxygens (including phenoxy) is 1. The van der Waals surface area contributed by atoms with Crippen molar-refractivity contribution in [2.75, 3.05) is 14.2 Å². The van der Waals surface area contributed by atoms with E-state index in [0.717, 1.165) is 22.9 Å². The molecule has 1 atom stereocenters. The van der Waals surface area contributed by atoms with Crippen molar-refractivity contribution in [1.29, 1.82) is 0 Å². The lowest BCUT2D eigenvalue weighted by molar-refractivity contribution is 0.367. The van der Waals surface area contributed by atoms with E-state index in [9.17, 15) is 0 Å². The molecule has 0 saturated heterocycles. The van der Waals surface area contributed by atoms with Gasteiger partial charge in [-0.1, -0.05) is 61.7 Å². The molecule has 0 aliphatic heterocycles. The molecular formula is C17H25Cl2NO. The number of benzene rings is 1. The summed E-state index contributed by atoms with van der Waals surface area (Å²) >= 11 is 12.7. The Kier molecular flexibility index (Phi) is 6.66. The predicted molar refractivity (Wildman–Crippen MR) is 90.6 cm³/mol. The van der Waals surface area contributed by atoms with Crippen molar-refractivity contribution in [3.63, 3.8) is 0 Å². The first-order valence-electron chi connectivity index (χ1n) is 7.86. The second-order valence-corrected chi connectivity index (χ2v) is 6.76. The second-order valence-electron chi connectivity index (χ2n) is 5.94. The molecule has 1 aromatic carbocycles. The molecule has 0 spiro atoms. The van der Waals surface area contributed by atoms with Gasteiger partial charge in [0.1, 0.15) is 5.75 Å². The Labute approximate surface area is 138 Å². The molecule has 0 heterocycles. The lowest BCUT2D eigenvalue weighted by Gasteiger charge is -2.24. The number of halogens is 2. The van der Waals surface area contributed by atoms with Crippen molar-refractivity contribution in [3.05, 3.63) is 27.7 Å². The van der Waals surface area contributed by atoms with E-state index in [-0.39, 0.29) is 6.04 Å². The second kappa shape index (κ2) is 8.26. The summed E-state index contributed by atoms with van der Waals surface area (Å²) < 4.78 is 5.22. The van der Waals surface area contributed by atoms with Gasteiger partial charge in [0.2, 0.25) is 0 Å². The SMILES string of the molecule is CNC(CC1CCCCCC1)c1cc(Cl)c(OC)cc1Cl. The summed E-state index contributed by atoms with van der Waals surface area (Å²) in [4.78, 5) is 0. The zero-order valence-electron chi connectivity index (χ0n) is 12.9. The summed E-state index contributed by atoms with van der Waals surface area (Å²) in [6.07, 6.45) is 9.28. The van der Waals surface area contributed by atoms with E-state index in [1.807, 2.05) is 19.2 Å². The van der Waals surface area contributed by atoms with Gasteiger partial charge in [-0.15, -0.1) is 0 Å². The summed E-state index contributed by atoms with van der Waals surface area (Å²) in [7, 11) is 3.61. The van der Waals surface area contributed by atoms with Gasteiger partial charge >= 0.3 is 0 Å². The van der Waals surface area contributed by atoms with Crippen LogP contribution in [0.1, 0.15) is 56.6 Å². The molecule has 0 bridgehead atoms. The number of nitrogens with one attached hydrogen (secondary N) is 1. The van der Waals surface area contributed by atoms with Crippen LogP contribution in [0.3, 0.4) is 0 Å². The van der Waals surface area contributed by atoms with Crippen LogP contribution < -0.4 is 10.1 Å². The topological polar surface area (TPSA) is 21.3 Å². The van der Waals surface area contributed by atoms with Gasteiger partial charge in [0.05, 0.1) is 12.1 Å². The van der Waals surface area contributed by atoms with Crippen LogP contribution in [0.2, 0.25) is 10.0 Å². The van der Waals surface area contributed by atoms with Crippen LogP contribution in [-0.2, 0) is 0 Å². The van der Waals surface area contributed by atoms with E-state index in [1.54, 1.807) is 7.11 Å². The molecule has 2 rings (SSSR count). The average molecular weight is 330 g/mol. The fourth-order valence-electron chi connectivity index (χ4n) is 3.30. The fourth-order valence-corrected chi connectivity index (χ4v) is 3.84. The van der Waals surface area contributed by atoms with Crippen molar-refractivity contribution >= 4 is 23.2 Å². The first-order chi connectivity index (χ1) is 10.2. The highest BCUT2D eigenvalue weighted by Crippen LogP contribution is 2.37. The molecule has 0 radical (unpaired) electrons. The first kappa shape index (κ1) is 16.9. The lowest BCUT2D eigenvalue weighted by atomic mass is 9.89. The van der Waals surface area contributed by atoms with Crippen LogP contribution in [0.15, 0.2) is 12.1 Å². The number of hydrogen-bond donors (Lipinski definition) is 1. The van der Waals surface area contributed by atoms with E-state index in [1.165, 1.54) is 38.5 Å². The van der Waals surface area contributed by atoms with E-state index in [0.29, 0.717) is 10.8 Å². The van der Waals surface area contributed by atoms with Gasteiger partial charge < -0.3 is 10.1 Å². The summed E-state index contributed by atoms with van der Waals surface area (Å²) in [5, 5.41) is 4.76. The molecule has 4 heteroatoms. The number of methoxy groups -OCH3 is 1. The summed E-state index contributed by atoms with van der Waals surface area (Å²) in [6, 6.07) is 4.01. The Morgan fingerprint density at radius 3 is 2.38 bits per heavy atom. The first-order valence-corrected chi connectivity index (χ1v) is 8.61. The normalized spacial score (nSPS) is 18.3. The summed E-state index contributed by atoms with van der Waals surface area (Å²) in [6.45, 7) is 0. The molecule has 1 saturated carbocycles. The Hall–Kier alpha value is -0.440. The molecule has 1 fully saturated rings. The molecule has 1 aliphatic rings. The summed E-state index contributed by atoms with van der Waals surface area (Å²) in [5.41, 5.74) is 1.08. The zero-order chi connectivity index (χ0) is 15.2. The van der Waals surface area contributed by atoms with Crippen molar-refractivity contribution in [1.82, 2.24) is 5.32 Å². The molecule has 0 aromatic heterocycles. The van der Waals surface area contributed by atoms with Crippen LogP contribution in [0.25, 0.3) is 0 Å². The number of rotatable bonds is 5. The molecule has 1 aliphatic carbocycles. The molecule has 1 unspecified atom stereocenters. The Morgan fingerprint density at radius 1 is 1.14 bits per heavy atom. The molecular weight excluding hydrogens is 305 g/mol. The van der Waals surface area contributed by atoms with Crippen molar-refractivity contribution < 1.29 is 4.74 Å². The fraction of sp³-hybridized carbons (Fsp3) is 0.647. The third-order valence-corrected chi connectivity index (χ3v) is 5.16. The minimum atomic E-state index is 0.254. The minimum Gasteiger partial charge on any atom is -0.495 e. The van der Waals surface area contributed by atoms with Crippen molar-refractivity contribution in [3.8, 4) is 5.75 Å². The molecule has 2 nitrogen and oxygen atoms in total. The minimum absolute atomic E-state index is 0.254. The van der Waals surface area contributed by atoms with Crippen molar-refractivity contribution in [2.24, 2.45) is 5.92 Å². The van der Waals surface area contributed by atoms with Gasteiger partial charge in [0.15, 0.2) is 0 Å². The standard InChI is InChI=1S/C17H25Cl2NO/c1-20-16(9-12-7-5-3-4-6-8-12)13-10-15(19)17(21-2)11-14(13)18/h10-12,16,20H,3-9H2,1-2H3. The highest BCUT2D eigenvalue weighted by Gasteiger charge is 2.21. The van der Waals surface area contributed by atoms with Gasteiger partial charge in [-0.25, -0.2) is 0 Å². The van der Waals surface area contributed by atoms with Gasteiger partial charge in [-0.3, -0.25) is 0 Å². The molecule has 0 amide bonds. The smallest absolute Gasteiger partial charge is 0.138 e. The monoisotopic (exact) mass is 329 g/mol. The summed E-state index contributed by atoms with van der Waals surface area (Å²) in [5.74, 6) is 1.41.